The lowest BCUT2D eigenvalue weighted by molar-refractivity contribution is -0.112. The summed E-state index contributed by atoms with van der Waals surface area (Å²) in [5.74, 6) is 1.78. The minimum atomic E-state index is -0.194. The van der Waals surface area contributed by atoms with Gasteiger partial charge in [0, 0.05) is 22.9 Å². The molecule has 2 atom stereocenters. The SMILES string of the molecule is O=CC1C[C@H](Oc2ccc(-c3ccc(Cl)cc3)cc2)CCN1Sc1ccc2cc(OC3CCCC3)ccc2c1. The molecule has 0 aromatic heterocycles. The summed E-state index contributed by atoms with van der Waals surface area (Å²) >= 11 is 7.67. The van der Waals surface area contributed by atoms with Crippen LogP contribution >= 0.6 is 23.5 Å². The average Bonchev–Trinajstić information content (AvgIpc) is 3.48. The van der Waals surface area contributed by atoms with Gasteiger partial charge in [-0.1, -0.05) is 48.0 Å². The van der Waals surface area contributed by atoms with Crippen molar-refractivity contribution in [1.82, 2.24) is 4.31 Å². The fourth-order valence-electron chi connectivity index (χ4n) is 5.51. The quantitative estimate of drug-likeness (QED) is 0.160. The zero-order valence-electron chi connectivity index (χ0n) is 21.8. The highest BCUT2D eigenvalue weighted by molar-refractivity contribution is 7.97. The van der Waals surface area contributed by atoms with Crippen molar-refractivity contribution < 1.29 is 14.3 Å². The molecule has 4 nitrogen and oxygen atoms in total. The number of rotatable bonds is 8. The first-order valence-corrected chi connectivity index (χ1v) is 14.9. The normalized spacial score (nSPS) is 20.2. The Labute approximate surface area is 239 Å². The summed E-state index contributed by atoms with van der Waals surface area (Å²) in [6.07, 6.45) is 7.81. The van der Waals surface area contributed by atoms with E-state index in [1.54, 1.807) is 11.9 Å². The molecule has 0 bridgehead atoms. The first-order chi connectivity index (χ1) is 19.1. The van der Waals surface area contributed by atoms with Crippen LogP contribution in [-0.2, 0) is 4.79 Å². The van der Waals surface area contributed by atoms with Gasteiger partial charge in [-0.05, 0) is 114 Å². The van der Waals surface area contributed by atoms with E-state index in [-0.39, 0.29) is 12.1 Å². The zero-order valence-corrected chi connectivity index (χ0v) is 23.4. The van der Waals surface area contributed by atoms with Crippen LogP contribution in [0.15, 0.2) is 89.8 Å². The number of aldehydes is 1. The minimum Gasteiger partial charge on any atom is -0.490 e. The second-order valence-electron chi connectivity index (χ2n) is 10.4. The van der Waals surface area contributed by atoms with Crippen molar-refractivity contribution in [2.24, 2.45) is 0 Å². The van der Waals surface area contributed by atoms with Crippen molar-refractivity contribution in [3.8, 4) is 22.6 Å². The van der Waals surface area contributed by atoms with Gasteiger partial charge in [0.1, 0.15) is 23.9 Å². The van der Waals surface area contributed by atoms with E-state index in [4.69, 9.17) is 21.1 Å². The average molecular weight is 558 g/mol. The van der Waals surface area contributed by atoms with Crippen molar-refractivity contribution in [1.29, 1.82) is 0 Å². The monoisotopic (exact) mass is 557 g/mol. The zero-order chi connectivity index (χ0) is 26.6. The van der Waals surface area contributed by atoms with Crippen molar-refractivity contribution in [2.45, 2.75) is 61.7 Å². The van der Waals surface area contributed by atoms with Crippen molar-refractivity contribution in [3.05, 3.63) is 90.0 Å². The molecule has 6 rings (SSSR count). The van der Waals surface area contributed by atoms with Crippen LogP contribution in [0, 0.1) is 0 Å². The molecular formula is C33H32ClNO3S. The summed E-state index contributed by atoms with van der Waals surface area (Å²) in [6, 6.07) is 28.6. The molecule has 0 N–H and O–H groups in total. The van der Waals surface area contributed by atoms with Gasteiger partial charge in [-0.25, -0.2) is 4.31 Å². The Bertz CT molecular complexity index is 1420. The van der Waals surface area contributed by atoms with Gasteiger partial charge in [0.25, 0.3) is 0 Å². The van der Waals surface area contributed by atoms with Crippen LogP contribution in [0.1, 0.15) is 38.5 Å². The Kier molecular flexibility index (Phi) is 8.10. The summed E-state index contributed by atoms with van der Waals surface area (Å²) in [5.41, 5.74) is 2.23. The van der Waals surface area contributed by atoms with Crippen LogP contribution in [0.2, 0.25) is 5.02 Å². The van der Waals surface area contributed by atoms with Crippen LogP contribution in [0.25, 0.3) is 21.9 Å². The molecule has 1 unspecified atom stereocenters. The van der Waals surface area contributed by atoms with Gasteiger partial charge in [-0.15, -0.1) is 0 Å². The summed E-state index contributed by atoms with van der Waals surface area (Å²) in [4.78, 5) is 13.2. The van der Waals surface area contributed by atoms with Gasteiger partial charge in [-0.2, -0.15) is 0 Å². The number of hydrogen-bond acceptors (Lipinski definition) is 5. The van der Waals surface area contributed by atoms with Gasteiger partial charge in [0.2, 0.25) is 0 Å². The Balaban J connectivity index is 1.06. The molecule has 2 fully saturated rings. The number of benzene rings is 4. The molecule has 2 aliphatic rings. The second-order valence-corrected chi connectivity index (χ2v) is 12.0. The lowest BCUT2D eigenvalue weighted by Gasteiger charge is -2.35. The molecule has 1 saturated heterocycles. The van der Waals surface area contributed by atoms with Gasteiger partial charge in [0.15, 0.2) is 0 Å². The number of halogens is 1. The topological polar surface area (TPSA) is 38.8 Å². The fraction of sp³-hybridized carbons (Fsp3) is 0.303. The molecule has 1 aliphatic carbocycles. The summed E-state index contributed by atoms with van der Waals surface area (Å²) < 4.78 is 14.7. The van der Waals surface area contributed by atoms with E-state index in [0.717, 1.165) is 64.6 Å². The van der Waals surface area contributed by atoms with Gasteiger partial charge in [0.05, 0.1) is 12.1 Å². The van der Waals surface area contributed by atoms with Crippen LogP contribution in [-0.4, -0.2) is 35.4 Å². The third-order valence-electron chi connectivity index (χ3n) is 7.65. The highest BCUT2D eigenvalue weighted by Crippen LogP contribution is 2.34. The summed E-state index contributed by atoms with van der Waals surface area (Å²) in [5, 5.41) is 3.09. The lowest BCUT2D eigenvalue weighted by Crippen LogP contribution is -2.43. The van der Waals surface area contributed by atoms with E-state index in [1.807, 2.05) is 36.4 Å². The number of piperidine rings is 1. The second kappa shape index (κ2) is 12.0. The Morgan fingerprint density at radius 1 is 0.744 bits per heavy atom. The molecule has 1 heterocycles. The number of carbonyl (C=O) groups is 1. The molecule has 0 radical (unpaired) electrons. The molecule has 6 heteroatoms. The first-order valence-electron chi connectivity index (χ1n) is 13.8. The van der Waals surface area contributed by atoms with Gasteiger partial charge < -0.3 is 14.3 Å². The maximum atomic E-state index is 12.0. The van der Waals surface area contributed by atoms with Crippen molar-refractivity contribution in [3.63, 3.8) is 0 Å². The Morgan fingerprint density at radius 2 is 1.38 bits per heavy atom. The van der Waals surface area contributed by atoms with Crippen LogP contribution in [0.3, 0.4) is 0 Å². The summed E-state index contributed by atoms with van der Waals surface area (Å²) in [6.45, 7) is 0.786. The first kappa shape index (κ1) is 26.2. The number of hydrogen-bond donors (Lipinski definition) is 0. The third kappa shape index (κ3) is 6.43. The van der Waals surface area contributed by atoms with Gasteiger partial charge >= 0.3 is 0 Å². The maximum absolute atomic E-state index is 12.0. The molecular weight excluding hydrogens is 526 g/mol. The number of carbonyl (C=O) groups excluding carboxylic acids is 1. The van der Waals surface area contributed by atoms with E-state index in [9.17, 15) is 4.79 Å². The number of fused-ring (bicyclic) bond motifs is 1. The fourth-order valence-corrected chi connectivity index (χ4v) is 6.69. The van der Waals surface area contributed by atoms with Crippen LogP contribution in [0.5, 0.6) is 11.5 Å². The molecule has 39 heavy (non-hydrogen) atoms. The number of nitrogens with zero attached hydrogens (tertiary/aromatic N) is 1. The molecule has 0 spiro atoms. The van der Waals surface area contributed by atoms with E-state index in [0.29, 0.717) is 12.5 Å². The Morgan fingerprint density at radius 3 is 2.13 bits per heavy atom. The lowest BCUT2D eigenvalue weighted by atomic mass is 10.0. The number of ether oxygens (including phenoxy) is 2. The molecule has 1 saturated carbocycles. The molecule has 4 aromatic rings. The largest absolute Gasteiger partial charge is 0.490 e. The minimum absolute atomic E-state index is 0.00771. The molecule has 1 aliphatic heterocycles. The van der Waals surface area contributed by atoms with E-state index in [1.165, 1.54) is 23.6 Å². The summed E-state index contributed by atoms with van der Waals surface area (Å²) in [7, 11) is 0. The highest BCUT2D eigenvalue weighted by Gasteiger charge is 2.30. The maximum Gasteiger partial charge on any atom is 0.138 e. The predicted octanol–water partition coefficient (Wildman–Crippen LogP) is 8.60. The molecule has 0 amide bonds. The molecule has 4 aromatic carbocycles. The van der Waals surface area contributed by atoms with E-state index < -0.39 is 0 Å². The smallest absolute Gasteiger partial charge is 0.138 e. The molecule has 200 valence electrons. The third-order valence-corrected chi connectivity index (χ3v) is 9.05. The van der Waals surface area contributed by atoms with E-state index >= 15 is 0 Å². The van der Waals surface area contributed by atoms with Crippen LogP contribution in [0.4, 0.5) is 0 Å². The van der Waals surface area contributed by atoms with Gasteiger partial charge in [-0.3, -0.25) is 0 Å². The predicted molar refractivity (Wildman–Crippen MR) is 160 cm³/mol. The highest BCUT2D eigenvalue weighted by atomic mass is 35.5. The van der Waals surface area contributed by atoms with Crippen LogP contribution < -0.4 is 9.47 Å². The van der Waals surface area contributed by atoms with Crippen molar-refractivity contribution >= 4 is 40.6 Å². The Hall–Kier alpha value is -2.99. The van der Waals surface area contributed by atoms with E-state index in [2.05, 4.69) is 52.8 Å². The van der Waals surface area contributed by atoms with Crippen molar-refractivity contribution in [2.75, 3.05) is 6.54 Å². The standard InChI is InChI=1S/C33H32ClNO3S/c34-27-11-5-23(6-12-27)24-7-13-30(14-8-24)38-32-17-18-35(28(21-32)22-36)39-33-16-10-25-19-31(15-9-26(25)20-33)37-29-3-1-2-4-29/h5-16,19-20,22,28-29,32H,1-4,17-18,21H2/t28?,32-/m1/s1.